The minimum atomic E-state index is 0.0969. The summed E-state index contributed by atoms with van der Waals surface area (Å²) < 4.78 is 0. The molecule has 1 unspecified atom stereocenters. The summed E-state index contributed by atoms with van der Waals surface area (Å²) in [6.45, 7) is 2.04. The Hall–Kier alpha value is -0.890. The van der Waals surface area contributed by atoms with Gasteiger partial charge in [0.1, 0.15) is 0 Å². The van der Waals surface area contributed by atoms with Gasteiger partial charge in [-0.05, 0) is 36.8 Å². The normalized spacial score (nSPS) is 12.2. The summed E-state index contributed by atoms with van der Waals surface area (Å²) in [7, 11) is 0. The number of hydrogen-bond acceptors (Lipinski definition) is 1. The first-order chi connectivity index (χ1) is 8.58. The maximum atomic E-state index is 6.10. The summed E-state index contributed by atoms with van der Waals surface area (Å²) in [5.74, 6) is 0. The molecule has 18 heavy (non-hydrogen) atoms. The van der Waals surface area contributed by atoms with E-state index in [2.05, 4.69) is 5.32 Å². The van der Waals surface area contributed by atoms with E-state index < -0.39 is 0 Å². The molecule has 1 nitrogen and oxygen atoms in total. The Bertz CT molecular complexity index is 554. The van der Waals surface area contributed by atoms with Gasteiger partial charge in [0, 0.05) is 6.04 Å². The number of anilines is 1. The SMILES string of the molecule is CC(Nc1ccccc1Cl)c1ccc(Cl)c(Cl)c1. The van der Waals surface area contributed by atoms with Gasteiger partial charge in [-0.3, -0.25) is 0 Å². The lowest BCUT2D eigenvalue weighted by Gasteiger charge is -2.17. The van der Waals surface area contributed by atoms with Gasteiger partial charge in [-0.15, -0.1) is 0 Å². The molecular weight excluding hydrogens is 289 g/mol. The zero-order chi connectivity index (χ0) is 13.1. The molecule has 0 aromatic heterocycles. The summed E-state index contributed by atoms with van der Waals surface area (Å²) in [4.78, 5) is 0. The standard InChI is InChI=1S/C14H12Cl3N/c1-9(10-6-7-11(15)13(17)8-10)18-14-5-3-2-4-12(14)16/h2-9,18H,1H3. The Labute approximate surface area is 122 Å². The number of benzene rings is 2. The Balaban J connectivity index is 2.19. The van der Waals surface area contributed by atoms with Gasteiger partial charge in [-0.1, -0.05) is 53.0 Å². The molecule has 2 aromatic carbocycles. The summed E-state index contributed by atoms with van der Waals surface area (Å²) in [5.41, 5.74) is 1.96. The second-order valence-corrected chi connectivity index (χ2v) is 5.24. The zero-order valence-electron chi connectivity index (χ0n) is 9.75. The lowest BCUT2D eigenvalue weighted by molar-refractivity contribution is 0.885. The van der Waals surface area contributed by atoms with Crippen molar-refractivity contribution in [1.82, 2.24) is 0 Å². The molecule has 4 heteroatoms. The summed E-state index contributed by atoms with van der Waals surface area (Å²) in [6, 6.07) is 13.3. The van der Waals surface area contributed by atoms with Crippen LogP contribution in [0.5, 0.6) is 0 Å². The van der Waals surface area contributed by atoms with Gasteiger partial charge in [0.15, 0.2) is 0 Å². The first kappa shape index (κ1) is 13.5. The smallest absolute Gasteiger partial charge is 0.0637 e. The summed E-state index contributed by atoms with van der Waals surface area (Å²) in [6.07, 6.45) is 0. The van der Waals surface area contributed by atoms with Crippen LogP contribution < -0.4 is 5.32 Å². The number of hydrogen-bond donors (Lipinski definition) is 1. The fourth-order valence-electron chi connectivity index (χ4n) is 1.68. The lowest BCUT2D eigenvalue weighted by Crippen LogP contribution is -2.06. The molecule has 0 aliphatic heterocycles. The van der Waals surface area contributed by atoms with Crippen LogP contribution in [-0.4, -0.2) is 0 Å². The predicted molar refractivity (Wildman–Crippen MR) is 80.0 cm³/mol. The summed E-state index contributed by atoms with van der Waals surface area (Å²) in [5, 5.41) is 5.16. The van der Waals surface area contributed by atoms with Crippen molar-refractivity contribution < 1.29 is 0 Å². The molecule has 0 heterocycles. The van der Waals surface area contributed by atoms with Crippen molar-refractivity contribution in [2.24, 2.45) is 0 Å². The van der Waals surface area contributed by atoms with E-state index in [4.69, 9.17) is 34.8 Å². The third-order valence-electron chi connectivity index (χ3n) is 2.69. The molecule has 2 rings (SSSR count). The van der Waals surface area contributed by atoms with Crippen molar-refractivity contribution in [3.8, 4) is 0 Å². The second-order valence-electron chi connectivity index (χ2n) is 4.02. The van der Waals surface area contributed by atoms with E-state index in [1.807, 2.05) is 43.3 Å². The van der Waals surface area contributed by atoms with Crippen molar-refractivity contribution in [1.29, 1.82) is 0 Å². The molecule has 0 amide bonds. The van der Waals surface area contributed by atoms with E-state index in [1.54, 1.807) is 6.07 Å². The van der Waals surface area contributed by atoms with E-state index in [-0.39, 0.29) is 6.04 Å². The van der Waals surface area contributed by atoms with Crippen LogP contribution in [0, 0.1) is 0 Å². The third-order valence-corrected chi connectivity index (χ3v) is 3.76. The molecule has 0 radical (unpaired) electrons. The van der Waals surface area contributed by atoms with Crippen LogP contribution in [0.4, 0.5) is 5.69 Å². The van der Waals surface area contributed by atoms with Gasteiger partial charge < -0.3 is 5.32 Å². The molecule has 0 bridgehead atoms. The minimum Gasteiger partial charge on any atom is -0.377 e. The van der Waals surface area contributed by atoms with Gasteiger partial charge in [-0.25, -0.2) is 0 Å². The van der Waals surface area contributed by atoms with Gasteiger partial charge in [0.2, 0.25) is 0 Å². The topological polar surface area (TPSA) is 12.0 Å². The van der Waals surface area contributed by atoms with Crippen LogP contribution in [0.15, 0.2) is 42.5 Å². The first-order valence-electron chi connectivity index (χ1n) is 5.54. The molecule has 0 aliphatic carbocycles. The highest BCUT2D eigenvalue weighted by Gasteiger charge is 2.09. The Morgan fingerprint density at radius 3 is 2.28 bits per heavy atom. The average Bonchev–Trinajstić information content (AvgIpc) is 2.35. The Morgan fingerprint density at radius 2 is 1.61 bits per heavy atom. The van der Waals surface area contributed by atoms with Crippen molar-refractivity contribution in [3.05, 3.63) is 63.1 Å². The monoisotopic (exact) mass is 299 g/mol. The van der Waals surface area contributed by atoms with Crippen LogP contribution in [0.2, 0.25) is 15.1 Å². The molecule has 0 spiro atoms. The second kappa shape index (κ2) is 5.83. The van der Waals surface area contributed by atoms with E-state index in [0.29, 0.717) is 15.1 Å². The molecule has 94 valence electrons. The van der Waals surface area contributed by atoms with Crippen LogP contribution in [0.3, 0.4) is 0 Å². The van der Waals surface area contributed by atoms with Crippen molar-refractivity contribution in [3.63, 3.8) is 0 Å². The van der Waals surface area contributed by atoms with Gasteiger partial charge in [-0.2, -0.15) is 0 Å². The van der Waals surface area contributed by atoms with Gasteiger partial charge in [0.05, 0.1) is 20.8 Å². The van der Waals surface area contributed by atoms with Crippen LogP contribution in [0.25, 0.3) is 0 Å². The van der Waals surface area contributed by atoms with Crippen LogP contribution in [0.1, 0.15) is 18.5 Å². The Kier molecular flexibility index (Phi) is 4.39. The molecule has 0 fully saturated rings. The number of nitrogens with one attached hydrogen (secondary N) is 1. The zero-order valence-corrected chi connectivity index (χ0v) is 12.0. The highest BCUT2D eigenvalue weighted by atomic mass is 35.5. The van der Waals surface area contributed by atoms with Crippen LogP contribution >= 0.6 is 34.8 Å². The average molecular weight is 301 g/mol. The third kappa shape index (κ3) is 3.11. The fourth-order valence-corrected chi connectivity index (χ4v) is 2.17. The molecule has 1 N–H and O–H groups in total. The van der Waals surface area contributed by atoms with E-state index in [1.165, 1.54) is 0 Å². The molecule has 0 saturated carbocycles. The maximum absolute atomic E-state index is 6.10. The van der Waals surface area contributed by atoms with E-state index >= 15 is 0 Å². The first-order valence-corrected chi connectivity index (χ1v) is 6.67. The highest BCUT2D eigenvalue weighted by molar-refractivity contribution is 6.42. The predicted octanol–water partition coefficient (Wildman–Crippen LogP) is 5.82. The maximum Gasteiger partial charge on any atom is 0.0637 e. The molecule has 0 aliphatic rings. The molecule has 2 aromatic rings. The highest BCUT2D eigenvalue weighted by Crippen LogP contribution is 2.29. The lowest BCUT2D eigenvalue weighted by atomic mass is 10.1. The molecule has 1 atom stereocenters. The number of rotatable bonds is 3. The van der Waals surface area contributed by atoms with E-state index in [9.17, 15) is 0 Å². The van der Waals surface area contributed by atoms with Crippen molar-refractivity contribution >= 4 is 40.5 Å². The van der Waals surface area contributed by atoms with Crippen LogP contribution in [-0.2, 0) is 0 Å². The van der Waals surface area contributed by atoms with Gasteiger partial charge in [0.25, 0.3) is 0 Å². The van der Waals surface area contributed by atoms with Crippen molar-refractivity contribution in [2.75, 3.05) is 5.32 Å². The summed E-state index contributed by atoms with van der Waals surface area (Å²) >= 11 is 18.0. The largest absolute Gasteiger partial charge is 0.377 e. The quantitative estimate of drug-likeness (QED) is 0.753. The Morgan fingerprint density at radius 1 is 0.889 bits per heavy atom. The molecular formula is C14H12Cl3N. The van der Waals surface area contributed by atoms with E-state index in [0.717, 1.165) is 11.3 Å². The fraction of sp³-hybridized carbons (Fsp3) is 0.143. The number of halogens is 3. The van der Waals surface area contributed by atoms with Gasteiger partial charge >= 0.3 is 0 Å². The number of para-hydroxylation sites is 1. The van der Waals surface area contributed by atoms with Crippen molar-refractivity contribution in [2.45, 2.75) is 13.0 Å². The minimum absolute atomic E-state index is 0.0969. The molecule has 0 saturated heterocycles.